The number of aryl methyl sites for hydroxylation is 1. The highest BCUT2D eigenvalue weighted by atomic mass is 15.1. The van der Waals surface area contributed by atoms with Crippen LogP contribution in [0.4, 0.5) is 0 Å². The number of aromatic amines is 1. The number of aromatic nitrogens is 2. The zero-order chi connectivity index (χ0) is 10.5. The summed E-state index contributed by atoms with van der Waals surface area (Å²) in [5, 5.41) is 14.0. The summed E-state index contributed by atoms with van der Waals surface area (Å²) in [5.74, 6) is 0. The number of hydrogen-bond donors (Lipinski definition) is 3. The van der Waals surface area contributed by atoms with Gasteiger partial charge in [-0.1, -0.05) is 0 Å². The third-order valence-corrected chi connectivity index (χ3v) is 3.09. The average molecular weight is 208 g/mol. The SMILES string of the molecule is Cc1[nH]ncc1CNC1CCCNCC1. The Hall–Kier alpha value is -0.870. The monoisotopic (exact) mass is 208 g/mol. The molecule has 0 aliphatic carbocycles. The van der Waals surface area contributed by atoms with E-state index in [1.807, 2.05) is 6.20 Å². The lowest BCUT2D eigenvalue weighted by Crippen LogP contribution is -2.29. The van der Waals surface area contributed by atoms with Crippen LogP contribution in [0, 0.1) is 6.92 Å². The third kappa shape index (κ3) is 3.04. The van der Waals surface area contributed by atoms with Crippen molar-refractivity contribution in [3.05, 3.63) is 17.5 Å². The maximum absolute atomic E-state index is 4.03. The Morgan fingerprint density at radius 2 is 2.40 bits per heavy atom. The van der Waals surface area contributed by atoms with Crippen molar-refractivity contribution in [1.29, 1.82) is 0 Å². The quantitative estimate of drug-likeness (QED) is 0.693. The minimum Gasteiger partial charge on any atom is -0.317 e. The van der Waals surface area contributed by atoms with Crippen molar-refractivity contribution < 1.29 is 0 Å². The molecular weight excluding hydrogens is 188 g/mol. The Morgan fingerprint density at radius 3 is 3.20 bits per heavy atom. The number of H-pyrrole nitrogens is 1. The molecule has 15 heavy (non-hydrogen) atoms. The van der Waals surface area contributed by atoms with Gasteiger partial charge in [0.05, 0.1) is 6.20 Å². The second-order valence-corrected chi connectivity index (χ2v) is 4.28. The molecule has 1 atom stereocenters. The molecule has 1 aliphatic rings. The van der Waals surface area contributed by atoms with E-state index in [0.717, 1.165) is 13.1 Å². The van der Waals surface area contributed by atoms with Gasteiger partial charge < -0.3 is 10.6 Å². The van der Waals surface area contributed by atoms with Gasteiger partial charge in [-0.15, -0.1) is 0 Å². The molecule has 0 spiro atoms. The van der Waals surface area contributed by atoms with Gasteiger partial charge in [-0.05, 0) is 39.3 Å². The first-order valence-electron chi connectivity index (χ1n) is 5.79. The van der Waals surface area contributed by atoms with Crippen molar-refractivity contribution in [2.24, 2.45) is 0 Å². The smallest absolute Gasteiger partial charge is 0.0535 e. The molecule has 2 rings (SSSR count). The standard InChI is InChI=1S/C11H20N4/c1-9-10(8-14-15-9)7-13-11-3-2-5-12-6-4-11/h8,11-13H,2-7H2,1H3,(H,14,15). The van der Waals surface area contributed by atoms with Gasteiger partial charge >= 0.3 is 0 Å². The van der Waals surface area contributed by atoms with Crippen LogP contribution in [-0.4, -0.2) is 29.3 Å². The molecule has 4 heteroatoms. The molecule has 3 N–H and O–H groups in total. The molecule has 0 bridgehead atoms. The van der Waals surface area contributed by atoms with E-state index >= 15 is 0 Å². The van der Waals surface area contributed by atoms with Crippen LogP contribution in [0.25, 0.3) is 0 Å². The molecule has 4 nitrogen and oxygen atoms in total. The number of rotatable bonds is 3. The number of nitrogens with one attached hydrogen (secondary N) is 3. The maximum Gasteiger partial charge on any atom is 0.0535 e. The Bertz CT molecular complexity index is 287. The Labute approximate surface area is 90.8 Å². The van der Waals surface area contributed by atoms with Gasteiger partial charge in [0.1, 0.15) is 0 Å². The lowest BCUT2D eigenvalue weighted by molar-refractivity contribution is 0.468. The fourth-order valence-corrected chi connectivity index (χ4v) is 2.03. The minimum atomic E-state index is 0.661. The minimum absolute atomic E-state index is 0.661. The summed E-state index contributed by atoms with van der Waals surface area (Å²) >= 11 is 0. The van der Waals surface area contributed by atoms with E-state index in [-0.39, 0.29) is 0 Å². The predicted octanol–water partition coefficient (Wildman–Crippen LogP) is 0.950. The molecule has 0 radical (unpaired) electrons. The number of hydrogen-bond acceptors (Lipinski definition) is 3. The van der Waals surface area contributed by atoms with Gasteiger partial charge in [-0.3, -0.25) is 5.10 Å². The summed E-state index contributed by atoms with van der Waals surface area (Å²) in [6, 6.07) is 0.661. The molecule has 1 aromatic heterocycles. The Balaban J connectivity index is 1.79. The van der Waals surface area contributed by atoms with Gasteiger partial charge in [0, 0.05) is 23.8 Å². The largest absolute Gasteiger partial charge is 0.317 e. The van der Waals surface area contributed by atoms with Crippen LogP contribution in [0.2, 0.25) is 0 Å². The normalized spacial score (nSPS) is 22.6. The van der Waals surface area contributed by atoms with Crippen LogP contribution in [0.15, 0.2) is 6.20 Å². The van der Waals surface area contributed by atoms with E-state index in [2.05, 4.69) is 27.8 Å². The van der Waals surface area contributed by atoms with E-state index in [9.17, 15) is 0 Å². The van der Waals surface area contributed by atoms with Crippen LogP contribution in [0.5, 0.6) is 0 Å². The second kappa shape index (κ2) is 5.28. The highest BCUT2D eigenvalue weighted by Crippen LogP contribution is 2.07. The summed E-state index contributed by atoms with van der Waals surface area (Å²) in [7, 11) is 0. The van der Waals surface area contributed by atoms with Crippen LogP contribution < -0.4 is 10.6 Å². The predicted molar refractivity (Wildman–Crippen MR) is 60.7 cm³/mol. The summed E-state index contributed by atoms with van der Waals surface area (Å²) < 4.78 is 0. The highest BCUT2D eigenvalue weighted by Gasteiger charge is 2.11. The molecule has 1 saturated heterocycles. The zero-order valence-electron chi connectivity index (χ0n) is 9.34. The van der Waals surface area contributed by atoms with E-state index in [1.165, 1.54) is 37.1 Å². The van der Waals surface area contributed by atoms with E-state index in [0.29, 0.717) is 6.04 Å². The van der Waals surface area contributed by atoms with Crippen LogP contribution in [0.3, 0.4) is 0 Å². The molecule has 0 saturated carbocycles. The van der Waals surface area contributed by atoms with Crippen molar-refractivity contribution in [3.8, 4) is 0 Å². The first-order valence-corrected chi connectivity index (χ1v) is 5.79. The van der Waals surface area contributed by atoms with Crippen molar-refractivity contribution in [2.45, 2.75) is 38.8 Å². The van der Waals surface area contributed by atoms with Crippen molar-refractivity contribution >= 4 is 0 Å². The van der Waals surface area contributed by atoms with Gasteiger partial charge in [-0.25, -0.2) is 0 Å². The molecule has 1 unspecified atom stereocenters. The molecular formula is C11H20N4. The molecule has 2 heterocycles. The fourth-order valence-electron chi connectivity index (χ4n) is 2.03. The van der Waals surface area contributed by atoms with Crippen LogP contribution >= 0.6 is 0 Å². The van der Waals surface area contributed by atoms with E-state index < -0.39 is 0 Å². The molecule has 0 aromatic carbocycles. The average Bonchev–Trinajstić information content (AvgIpc) is 2.53. The summed E-state index contributed by atoms with van der Waals surface area (Å²) in [6.07, 6.45) is 5.71. The first kappa shape index (κ1) is 10.6. The highest BCUT2D eigenvalue weighted by molar-refractivity contribution is 5.13. The van der Waals surface area contributed by atoms with Crippen molar-refractivity contribution in [2.75, 3.05) is 13.1 Å². The second-order valence-electron chi connectivity index (χ2n) is 4.28. The van der Waals surface area contributed by atoms with E-state index in [4.69, 9.17) is 0 Å². The van der Waals surface area contributed by atoms with Crippen molar-refractivity contribution in [1.82, 2.24) is 20.8 Å². The Morgan fingerprint density at radius 1 is 1.47 bits per heavy atom. The fraction of sp³-hybridized carbons (Fsp3) is 0.727. The van der Waals surface area contributed by atoms with Crippen LogP contribution in [-0.2, 0) is 6.54 Å². The third-order valence-electron chi connectivity index (χ3n) is 3.09. The topological polar surface area (TPSA) is 52.7 Å². The van der Waals surface area contributed by atoms with Gasteiger partial charge in [0.2, 0.25) is 0 Å². The van der Waals surface area contributed by atoms with Gasteiger partial charge in [-0.2, -0.15) is 5.10 Å². The Kier molecular flexibility index (Phi) is 3.75. The van der Waals surface area contributed by atoms with E-state index in [1.54, 1.807) is 0 Å². The molecule has 1 fully saturated rings. The summed E-state index contributed by atoms with van der Waals surface area (Å²) in [6.45, 7) is 5.32. The molecule has 84 valence electrons. The van der Waals surface area contributed by atoms with Crippen molar-refractivity contribution in [3.63, 3.8) is 0 Å². The first-order chi connectivity index (χ1) is 7.36. The van der Waals surface area contributed by atoms with Crippen LogP contribution in [0.1, 0.15) is 30.5 Å². The summed E-state index contributed by atoms with van der Waals surface area (Å²) in [5.41, 5.74) is 2.46. The zero-order valence-corrected chi connectivity index (χ0v) is 9.34. The molecule has 1 aromatic rings. The lowest BCUT2D eigenvalue weighted by atomic mass is 10.1. The van der Waals surface area contributed by atoms with Gasteiger partial charge in [0.25, 0.3) is 0 Å². The molecule has 1 aliphatic heterocycles. The van der Waals surface area contributed by atoms with Gasteiger partial charge in [0.15, 0.2) is 0 Å². The molecule has 0 amide bonds. The lowest BCUT2D eigenvalue weighted by Gasteiger charge is -2.15. The number of nitrogens with zero attached hydrogens (tertiary/aromatic N) is 1. The summed E-state index contributed by atoms with van der Waals surface area (Å²) in [4.78, 5) is 0. The maximum atomic E-state index is 4.03.